The molecule has 0 bridgehead atoms. The van der Waals surface area contributed by atoms with Gasteiger partial charge < -0.3 is 136 Å². The Morgan fingerprint density at radius 1 is 0.288 bits per heavy atom. The maximum absolute atomic E-state index is 10.8. The lowest BCUT2D eigenvalue weighted by atomic mass is 9.66. The summed E-state index contributed by atoms with van der Waals surface area (Å²) in [6.45, 7) is 21.2. The van der Waals surface area contributed by atoms with Gasteiger partial charge in [0.1, 0.15) is 111 Å². The number of ketones is 13. The number of rotatable bonds is 49. The number of aliphatic carboxylic acids is 17. The van der Waals surface area contributed by atoms with Gasteiger partial charge in [-0.1, -0.05) is 32.1 Å². The first-order chi connectivity index (χ1) is 63.1. The molecule has 796 valence electrons. The molecule has 52 nitrogen and oxygen atoms in total. The third kappa shape index (κ3) is 118. The minimum atomic E-state index is -2.25. The summed E-state index contributed by atoms with van der Waals surface area (Å²) >= 11 is 0. The van der Waals surface area contributed by atoms with Crippen molar-refractivity contribution >= 4 is 177 Å². The van der Waals surface area contributed by atoms with Crippen LogP contribution in [0.5, 0.6) is 0 Å². The first-order valence-electron chi connectivity index (χ1n) is 41.2. The van der Waals surface area contributed by atoms with E-state index in [1.807, 2.05) is 0 Å². The van der Waals surface area contributed by atoms with Crippen LogP contribution < -0.4 is 0 Å². The van der Waals surface area contributed by atoms with Gasteiger partial charge in [0.2, 0.25) is 5.78 Å². The quantitative estimate of drug-likeness (QED) is 0.0174. The Kier molecular flexibility index (Phi) is 99.7. The molecule has 6 unspecified atom stereocenters. The molecule has 22 N–H and O–H groups in total. The van der Waals surface area contributed by atoms with Gasteiger partial charge in [0, 0.05) is 89.0 Å². The fourth-order valence-electron chi connectivity index (χ4n) is 7.41. The zero-order chi connectivity index (χ0) is 113. The van der Waals surface area contributed by atoms with E-state index in [4.69, 9.17) is 112 Å². The molecule has 2 saturated carbocycles. The molecular formula is C87H136O52. The van der Waals surface area contributed by atoms with Crippen molar-refractivity contribution in [3.63, 3.8) is 0 Å². The van der Waals surface area contributed by atoms with Crippen molar-refractivity contribution in [1.82, 2.24) is 0 Å². The van der Waals surface area contributed by atoms with E-state index in [1.165, 1.54) is 76.2 Å². The third-order valence-electron chi connectivity index (χ3n) is 16.6. The summed E-state index contributed by atoms with van der Waals surface area (Å²) in [6, 6.07) is 0. The second-order valence-electron chi connectivity index (χ2n) is 30.0. The van der Waals surface area contributed by atoms with Crippen LogP contribution in [0.2, 0.25) is 0 Å². The summed E-state index contributed by atoms with van der Waals surface area (Å²) in [5.74, 6) is -22.3. The van der Waals surface area contributed by atoms with Crippen molar-refractivity contribution in [3.8, 4) is 0 Å². The predicted molar refractivity (Wildman–Crippen MR) is 474 cm³/mol. The van der Waals surface area contributed by atoms with Crippen LogP contribution in [0.15, 0.2) is 24.3 Å². The highest BCUT2D eigenvalue weighted by atomic mass is 16.4. The van der Waals surface area contributed by atoms with Gasteiger partial charge in [-0.05, 0) is 174 Å². The van der Waals surface area contributed by atoms with E-state index in [2.05, 4.69) is 0 Å². The highest BCUT2D eigenvalue weighted by molar-refractivity contribution is 6.31. The van der Waals surface area contributed by atoms with E-state index >= 15 is 0 Å². The molecule has 0 aromatic rings. The van der Waals surface area contributed by atoms with Crippen molar-refractivity contribution in [2.75, 3.05) is 0 Å². The van der Waals surface area contributed by atoms with Crippen molar-refractivity contribution < 1.29 is 256 Å². The molecule has 2 aliphatic rings. The maximum atomic E-state index is 10.8. The average Bonchev–Trinajstić information content (AvgIpc) is 1.68. The molecule has 2 rings (SSSR count). The summed E-state index contributed by atoms with van der Waals surface area (Å²) in [7, 11) is 0. The van der Waals surface area contributed by atoms with Crippen LogP contribution in [0.3, 0.4) is 0 Å². The van der Waals surface area contributed by atoms with E-state index < -0.39 is 178 Å². The van der Waals surface area contributed by atoms with Crippen LogP contribution >= 0.6 is 0 Å². The second kappa shape index (κ2) is 90.5. The van der Waals surface area contributed by atoms with Gasteiger partial charge in [-0.2, -0.15) is 0 Å². The van der Waals surface area contributed by atoms with Crippen LogP contribution in [0, 0.1) is 22.2 Å². The number of hydrogen-bond donors (Lipinski definition) is 22. The average molecular weight is 2010 g/mol. The zero-order valence-electron chi connectivity index (χ0n) is 80.2. The summed E-state index contributed by atoms with van der Waals surface area (Å²) in [5.41, 5.74) is -3.19. The number of carbonyl (C=O) groups excluding carboxylic acids is 13. The van der Waals surface area contributed by atoms with E-state index in [0.717, 1.165) is 72.1 Å². The molecule has 0 aromatic carbocycles. The molecule has 0 spiro atoms. The van der Waals surface area contributed by atoms with Gasteiger partial charge in [0.15, 0.2) is 17.7 Å². The van der Waals surface area contributed by atoms with Gasteiger partial charge >= 0.3 is 101 Å². The number of hydrogen-bond acceptors (Lipinski definition) is 35. The molecule has 0 aliphatic heterocycles. The van der Waals surface area contributed by atoms with Crippen molar-refractivity contribution in [1.29, 1.82) is 0 Å². The van der Waals surface area contributed by atoms with Crippen LogP contribution in [-0.2, 0) is 144 Å². The Labute approximate surface area is 797 Å². The molecule has 2 fully saturated rings. The van der Waals surface area contributed by atoms with Gasteiger partial charge in [0.25, 0.3) is 0 Å². The van der Waals surface area contributed by atoms with E-state index in [0.29, 0.717) is 101 Å². The molecule has 139 heavy (non-hydrogen) atoms. The minimum Gasteiger partial charge on any atom is -0.481 e. The number of aliphatic hydroxyl groups excluding tert-OH is 5. The Hall–Kier alpha value is -14.0. The summed E-state index contributed by atoms with van der Waals surface area (Å²) in [4.78, 5) is 302. The summed E-state index contributed by atoms with van der Waals surface area (Å²) < 4.78 is 0. The Morgan fingerprint density at radius 2 is 0.547 bits per heavy atom. The van der Waals surface area contributed by atoms with E-state index in [-0.39, 0.29) is 103 Å². The molecule has 0 saturated heterocycles. The standard InChI is InChI=1S/C10H18O3.C8H14O3.C7H12O7.C7H10O3.C7H12O3.C6H8O3.2C6H10O3.C5H8O4.2C5H8O3.2C4H4O4.C4H6O3.C3H4O3/c1-9(11)7-5-3-2-4-6-8-10(12)13;1-7(9)5-3-2-4-6-8(10)11;1-2(8)3(9)4(10)5(11)6(12)7(13)14;1-5(8)7(6(9)10)3-2-4-7;1-6(8)4-2-3-5-7(9)10;1-4(7)6(2-3-6)5(8)9;1-4(7)6(2,3)5(8)9;1-5(7)3-2-4-6(8)9;1-3(6)4(7)2-5(8)9;1-4(6)2-3-5(7)8;1-3(4(2)6)5(7)8;2*5-3(6)1-2-4(7)8;1-3(5)2-4(6)7;1-2(4)3(5)6/h2-8H2,1H3,(H,12,13);2-6H2,1H3,(H,10,11);3-6,9-12H,1H3,(H,13,14);2-4H2,1H3,(H,9,10);2-5H2,1H3,(H,9,10);2-3H2,1H3,(H,8,9);1-3H3,(H,8,9);2-4H2,1H3,(H,8,9);4,7H,2H2,1H3,(H,8,9);2-3H2,1H3,(H,7,8);3H,1-2H3,(H,7,8);2*1-2H,(H,5,6)(H,7,8);2H2,1H3,(H,6,7);1H3,(H,5,6)/b;;;;;;;;;;;2-1+;2-1-;;. The first-order valence-corrected chi connectivity index (χ1v) is 41.2. The topological polar surface area (TPSA) is 957 Å². The van der Waals surface area contributed by atoms with Crippen LogP contribution in [0.4, 0.5) is 0 Å². The first kappa shape index (κ1) is 153. The number of Topliss-reactive ketones (excluding diaryl/α,β-unsaturated/α-hetero) is 13. The van der Waals surface area contributed by atoms with Crippen molar-refractivity contribution in [3.05, 3.63) is 24.3 Å². The molecule has 0 aromatic heterocycles. The van der Waals surface area contributed by atoms with E-state index in [1.54, 1.807) is 13.8 Å². The largest absolute Gasteiger partial charge is 0.481 e. The van der Waals surface area contributed by atoms with Crippen LogP contribution in [0.1, 0.15) is 291 Å². The van der Waals surface area contributed by atoms with Crippen molar-refractivity contribution in [2.45, 2.75) is 321 Å². The Balaban J connectivity index is -0.000000112. The fourth-order valence-corrected chi connectivity index (χ4v) is 7.41. The van der Waals surface area contributed by atoms with Crippen LogP contribution in [-0.4, -0.2) is 320 Å². The highest BCUT2D eigenvalue weighted by Gasteiger charge is 2.54. The summed E-state index contributed by atoms with van der Waals surface area (Å²) in [6.07, 6.45) is 6.53. The minimum absolute atomic E-state index is 0.0463. The second-order valence-corrected chi connectivity index (χ2v) is 30.0. The molecule has 0 heterocycles. The summed E-state index contributed by atoms with van der Waals surface area (Å²) in [5, 5.41) is 182. The fraction of sp³-hybridized carbons (Fsp3) is 0.609. The zero-order valence-corrected chi connectivity index (χ0v) is 80.2. The van der Waals surface area contributed by atoms with Gasteiger partial charge in [-0.25, -0.2) is 28.8 Å². The lowest BCUT2D eigenvalue weighted by molar-refractivity contribution is -0.165. The molecule has 2 aliphatic carbocycles. The van der Waals surface area contributed by atoms with Crippen LogP contribution in [0.25, 0.3) is 0 Å². The van der Waals surface area contributed by atoms with Gasteiger partial charge in [-0.3, -0.25) is 91.1 Å². The molecule has 6 atom stereocenters. The number of aliphatic hydroxyl groups is 5. The lowest BCUT2D eigenvalue weighted by Crippen LogP contribution is -2.49. The SMILES string of the molecule is CC(=O)C(=O)O.CC(=O)C(C)(C)C(=O)O.CC(=O)C(C)C(=O)O.CC(=O)C(O)C(O)C(O)C(O)C(=O)O.CC(=O)C(O)CC(=O)O.CC(=O)C1(C(=O)O)CC1.CC(=O)C1(C(=O)O)CCC1.CC(=O)CC(=O)O.CC(=O)CCC(=O)O.CC(=O)CCCC(=O)O.CC(=O)CCCCC(=O)O.CC(=O)CCCCCC(=O)O.CC(=O)CCCCCCCC(=O)O.O=C(O)/C=C/C(=O)O.O=C(O)/C=C\C(=O)O. The third-order valence-corrected chi connectivity index (χ3v) is 16.6. The Morgan fingerprint density at radius 3 is 0.683 bits per heavy atom. The monoisotopic (exact) mass is 2010 g/mol. The number of carbonyl (C=O) groups is 30. The smallest absolute Gasteiger partial charge is 0.371 e. The molecule has 0 amide bonds. The van der Waals surface area contributed by atoms with Gasteiger partial charge in [0.05, 0.1) is 12.8 Å². The number of unbranched alkanes of at least 4 members (excludes halogenated alkanes) is 7. The lowest BCUT2D eigenvalue weighted by Gasteiger charge is -2.34. The normalized spacial score (nSPS) is 12.4. The number of carboxylic acid groups (broad SMARTS) is 17. The Bertz CT molecular complexity index is 3770. The highest BCUT2D eigenvalue weighted by Crippen LogP contribution is 2.46. The molecular weight excluding hydrogens is 1880 g/mol. The van der Waals surface area contributed by atoms with Gasteiger partial charge in [-0.15, -0.1) is 0 Å². The molecule has 52 heteroatoms. The molecule has 0 radical (unpaired) electrons. The number of carboxylic acids is 17. The van der Waals surface area contributed by atoms with Crippen molar-refractivity contribution in [2.24, 2.45) is 22.2 Å². The maximum Gasteiger partial charge on any atom is 0.371 e. The predicted octanol–water partition coefficient (Wildman–Crippen LogP) is 4.39. The van der Waals surface area contributed by atoms with E-state index in [9.17, 15) is 144 Å².